The third kappa shape index (κ3) is 2.05. The van der Waals surface area contributed by atoms with E-state index in [4.69, 9.17) is 34.8 Å². The lowest BCUT2D eigenvalue weighted by atomic mass is 10.1. The fourth-order valence-electron chi connectivity index (χ4n) is 2.14. The lowest BCUT2D eigenvalue weighted by molar-refractivity contribution is 0.857. The van der Waals surface area contributed by atoms with Gasteiger partial charge in [-0.2, -0.15) is 0 Å². The van der Waals surface area contributed by atoms with E-state index in [0.29, 0.717) is 15.9 Å². The molecule has 0 bridgehead atoms. The Morgan fingerprint density at radius 3 is 2.17 bits per heavy atom. The zero-order valence-corrected chi connectivity index (χ0v) is 11.6. The Morgan fingerprint density at radius 1 is 0.944 bits per heavy atom. The van der Waals surface area contributed by atoms with Crippen molar-refractivity contribution in [2.75, 3.05) is 4.90 Å². The highest BCUT2D eigenvalue weighted by molar-refractivity contribution is 6.42. The summed E-state index contributed by atoms with van der Waals surface area (Å²) >= 11 is 18.0. The van der Waals surface area contributed by atoms with Crippen molar-refractivity contribution in [3.8, 4) is 0 Å². The summed E-state index contributed by atoms with van der Waals surface area (Å²) in [6.45, 7) is 1.59. The summed E-state index contributed by atoms with van der Waals surface area (Å²) in [5.41, 5.74) is 2.59. The van der Waals surface area contributed by atoms with Crippen LogP contribution in [-0.4, -0.2) is 4.98 Å². The minimum Gasteiger partial charge on any atom is -0.347 e. The minimum absolute atomic E-state index is 0.284. The van der Waals surface area contributed by atoms with E-state index < -0.39 is 0 Å². The largest absolute Gasteiger partial charge is 0.347 e. The minimum atomic E-state index is 0.284. The van der Waals surface area contributed by atoms with Crippen molar-refractivity contribution < 1.29 is 0 Å². The number of pyridine rings is 1. The predicted octanol–water partition coefficient (Wildman–Crippen LogP) is 4.56. The van der Waals surface area contributed by atoms with Gasteiger partial charge in [-0.25, -0.2) is 4.98 Å². The van der Waals surface area contributed by atoms with E-state index in [1.807, 2.05) is 12.1 Å². The Kier molecular flexibility index (Phi) is 3.10. The fourth-order valence-corrected chi connectivity index (χ4v) is 2.75. The number of nitrogens with zero attached hydrogens (tertiary/aromatic N) is 2. The highest BCUT2D eigenvalue weighted by atomic mass is 35.5. The Hall–Kier alpha value is -0.960. The molecule has 0 atom stereocenters. The number of hydrogen-bond donors (Lipinski definition) is 0. The van der Waals surface area contributed by atoms with E-state index in [-0.39, 0.29) is 5.15 Å². The second-order valence-electron chi connectivity index (χ2n) is 4.19. The predicted molar refractivity (Wildman–Crippen MR) is 75.6 cm³/mol. The Morgan fingerprint density at radius 2 is 1.56 bits per heavy atom. The second kappa shape index (κ2) is 4.61. The zero-order chi connectivity index (χ0) is 12.7. The smallest absolute Gasteiger partial charge is 0.150 e. The van der Waals surface area contributed by atoms with Crippen LogP contribution >= 0.6 is 34.8 Å². The van der Waals surface area contributed by atoms with Gasteiger partial charge in [-0.3, -0.25) is 0 Å². The summed E-state index contributed by atoms with van der Waals surface area (Å²) < 4.78 is 0. The first-order valence-corrected chi connectivity index (χ1v) is 6.62. The van der Waals surface area contributed by atoms with Crippen molar-refractivity contribution in [3.05, 3.63) is 56.7 Å². The molecular weight excluding hydrogens is 291 g/mol. The van der Waals surface area contributed by atoms with E-state index in [1.54, 1.807) is 6.07 Å². The summed E-state index contributed by atoms with van der Waals surface area (Å²) in [6.07, 6.45) is 0. The van der Waals surface area contributed by atoms with Crippen LogP contribution in [0.4, 0.5) is 5.82 Å². The van der Waals surface area contributed by atoms with Crippen LogP contribution in [0.2, 0.25) is 15.2 Å². The molecule has 0 fully saturated rings. The van der Waals surface area contributed by atoms with Gasteiger partial charge < -0.3 is 4.90 Å². The molecule has 2 heterocycles. The molecule has 1 aromatic carbocycles. The highest BCUT2D eigenvalue weighted by Gasteiger charge is 2.22. The second-order valence-corrected chi connectivity index (χ2v) is 5.36. The van der Waals surface area contributed by atoms with Gasteiger partial charge >= 0.3 is 0 Å². The van der Waals surface area contributed by atoms with Crippen molar-refractivity contribution >= 4 is 40.6 Å². The molecule has 0 radical (unpaired) electrons. The number of benzene rings is 1. The highest BCUT2D eigenvalue weighted by Crippen LogP contribution is 2.35. The van der Waals surface area contributed by atoms with Crippen LogP contribution in [0.25, 0.3) is 0 Å². The zero-order valence-electron chi connectivity index (χ0n) is 9.33. The summed E-state index contributed by atoms with van der Waals surface area (Å²) in [5, 5.41) is 1.19. The Balaban J connectivity index is 1.97. The van der Waals surface area contributed by atoms with E-state index in [0.717, 1.165) is 13.1 Å². The van der Waals surface area contributed by atoms with Crippen molar-refractivity contribution in [1.29, 1.82) is 0 Å². The van der Waals surface area contributed by atoms with Crippen molar-refractivity contribution in [1.82, 2.24) is 4.98 Å². The number of halogens is 3. The first-order valence-electron chi connectivity index (χ1n) is 5.48. The third-order valence-electron chi connectivity index (χ3n) is 3.01. The van der Waals surface area contributed by atoms with Crippen LogP contribution in [0.15, 0.2) is 30.3 Å². The number of anilines is 1. The van der Waals surface area contributed by atoms with E-state index in [2.05, 4.69) is 22.0 Å². The average molecular weight is 300 g/mol. The maximum atomic E-state index is 6.18. The molecular formula is C13H9Cl3N2. The lowest BCUT2D eigenvalue weighted by Gasteiger charge is -2.18. The lowest BCUT2D eigenvalue weighted by Crippen LogP contribution is -2.16. The van der Waals surface area contributed by atoms with E-state index in [9.17, 15) is 0 Å². The van der Waals surface area contributed by atoms with Gasteiger partial charge in [0.15, 0.2) is 0 Å². The molecule has 0 saturated carbocycles. The van der Waals surface area contributed by atoms with Crippen molar-refractivity contribution in [3.63, 3.8) is 0 Å². The van der Waals surface area contributed by atoms with Crippen LogP contribution in [0.1, 0.15) is 11.1 Å². The summed E-state index contributed by atoms with van der Waals surface area (Å²) in [4.78, 5) is 6.36. The van der Waals surface area contributed by atoms with Crippen LogP contribution in [0.5, 0.6) is 0 Å². The number of aromatic nitrogens is 1. The van der Waals surface area contributed by atoms with Crippen molar-refractivity contribution in [2.24, 2.45) is 0 Å². The molecule has 92 valence electrons. The molecule has 18 heavy (non-hydrogen) atoms. The van der Waals surface area contributed by atoms with Crippen LogP contribution < -0.4 is 4.90 Å². The molecule has 0 aliphatic carbocycles. The summed E-state index contributed by atoms with van der Waals surface area (Å²) in [7, 11) is 0. The summed E-state index contributed by atoms with van der Waals surface area (Å²) in [5.74, 6) is 0.683. The summed E-state index contributed by atoms with van der Waals surface area (Å²) in [6, 6.07) is 9.93. The molecule has 5 heteroatoms. The quantitative estimate of drug-likeness (QED) is 0.718. The van der Waals surface area contributed by atoms with Gasteiger partial charge in [0.25, 0.3) is 0 Å². The molecule has 3 rings (SSSR count). The van der Waals surface area contributed by atoms with Crippen LogP contribution in [0.3, 0.4) is 0 Å². The standard InChI is InChI=1S/C13H9Cl3N2/c14-10-5-11(15)13(17-12(10)16)18-6-8-3-1-2-4-9(8)7-18/h1-5H,6-7H2. The topological polar surface area (TPSA) is 16.1 Å². The molecule has 0 saturated heterocycles. The normalized spacial score (nSPS) is 13.8. The van der Waals surface area contributed by atoms with Gasteiger partial charge in [-0.1, -0.05) is 59.1 Å². The number of fused-ring (bicyclic) bond motifs is 1. The molecule has 0 N–H and O–H groups in total. The molecule has 0 unspecified atom stereocenters. The molecule has 1 aromatic heterocycles. The van der Waals surface area contributed by atoms with Gasteiger partial charge in [0, 0.05) is 13.1 Å². The average Bonchev–Trinajstić information content (AvgIpc) is 2.77. The monoisotopic (exact) mass is 298 g/mol. The third-order valence-corrected chi connectivity index (χ3v) is 3.96. The van der Waals surface area contributed by atoms with E-state index in [1.165, 1.54) is 11.1 Å². The molecule has 2 aromatic rings. The van der Waals surface area contributed by atoms with Gasteiger partial charge in [0.1, 0.15) is 11.0 Å². The van der Waals surface area contributed by atoms with E-state index >= 15 is 0 Å². The SMILES string of the molecule is Clc1cc(Cl)c(N2Cc3ccccc3C2)nc1Cl. The Bertz CT molecular complexity index is 588. The molecule has 1 aliphatic heterocycles. The van der Waals surface area contributed by atoms with Gasteiger partial charge in [-0.05, 0) is 17.2 Å². The maximum absolute atomic E-state index is 6.18. The molecule has 1 aliphatic rings. The Labute approximate surface area is 120 Å². The number of hydrogen-bond acceptors (Lipinski definition) is 2. The first-order chi connectivity index (χ1) is 8.65. The van der Waals surface area contributed by atoms with Crippen LogP contribution in [-0.2, 0) is 13.1 Å². The molecule has 0 spiro atoms. The first kappa shape index (κ1) is 12.1. The van der Waals surface area contributed by atoms with Crippen LogP contribution in [0, 0.1) is 0 Å². The van der Waals surface area contributed by atoms with Crippen molar-refractivity contribution in [2.45, 2.75) is 13.1 Å². The van der Waals surface area contributed by atoms with Gasteiger partial charge in [0.2, 0.25) is 0 Å². The fraction of sp³-hybridized carbons (Fsp3) is 0.154. The maximum Gasteiger partial charge on any atom is 0.150 e. The number of rotatable bonds is 1. The van der Waals surface area contributed by atoms with Gasteiger partial charge in [-0.15, -0.1) is 0 Å². The molecule has 2 nitrogen and oxygen atoms in total. The molecule has 0 amide bonds. The van der Waals surface area contributed by atoms with Gasteiger partial charge in [0.05, 0.1) is 10.0 Å².